The number of rotatable bonds is 14. The quantitative estimate of drug-likeness (QED) is 0.297. The zero-order valence-electron chi connectivity index (χ0n) is 17.9. The molecule has 0 nitrogen and oxygen atoms in total. The first-order valence-electron chi connectivity index (χ1n) is 11.1. The van der Waals surface area contributed by atoms with Gasteiger partial charge in [0.25, 0.3) is 0 Å². The molecule has 1 rings (SSSR count). The van der Waals surface area contributed by atoms with Crippen LogP contribution in [0, 0.1) is 25.7 Å². The maximum atomic E-state index is 2.45. The van der Waals surface area contributed by atoms with Crippen LogP contribution in [0.4, 0.5) is 0 Å². The van der Waals surface area contributed by atoms with E-state index in [-0.39, 0.29) is 0 Å². The third kappa shape index (κ3) is 10.7. The van der Waals surface area contributed by atoms with Gasteiger partial charge in [-0.25, -0.2) is 0 Å². The van der Waals surface area contributed by atoms with Crippen LogP contribution in [-0.4, -0.2) is 0 Å². The highest BCUT2D eigenvalue weighted by Crippen LogP contribution is 2.20. The lowest BCUT2D eigenvalue weighted by Gasteiger charge is -2.12. The molecule has 0 aliphatic heterocycles. The van der Waals surface area contributed by atoms with Gasteiger partial charge in [0.1, 0.15) is 0 Å². The molecule has 0 saturated carbocycles. The van der Waals surface area contributed by atoms with Crippen molar-refractivity contribution in [3.8, 4) is 0 Å². The average Bonchev–Trinajstić information content (AvgIpc) is 2.55. The van der Waals surface area contributed by atoms with Crippen LogP contribution in [0.25, 0.3) is 0 Å². The Balaban J connectivity index is 1.94. The molecule has 1 atom stereocenters. The summed E-state index contributed by atoms with van der Waals surface area (Å²) in [5.41, 5.74) is 4.54. The van der Waals surface area contributed by atoms with Crippen molar-refractivity contribution < 1.29 is 0 Å². The van der Waals surface area contributed by atoms with Crippen LogP contribution < -0.4 is 0 Å². The fraction of sp³-hybridized carbons (Fsp3) is 0.760. The second-order valence-electron chi connectivity index (χ2n) is 8.81. The first kappa shape index (κ1) is 22.3. The van der Waals surface area contributed by atoms with Crippen LogP contribution >= 0.6 is 0 Å². The highest BCUT2D eigenvalue weighted by atomic mass is 14.1. The summed E-state index contributed by atoms with van der Waals surface area (Å²) in [5.74, 6) is 1.82. The molecule has 0 bridgehead atoms. The third-order valence-electron chi connectivity index (χ3n) is 5.75. The lowest BCUT2D eigenvalue weighted by atomic mass is 9.94. The van der Waals surface area contributed by atoms with Gasteiger partial charge in [-0.2, -0.15) is 0 Å². The zero-order chi connectivity index (χ0) is 18.5. The van der Waals surface area contributed by atoms with Gasteiger partial charge in [0.05, 0.1) is 0 Å². The second-order valence-corrected chi connectivity index (χ2v) is 8.81. The lowest BCUT2D eigenvalue weighted by Crippen LogP contribution is -1.97. The summed E-state index contributed by atoms with van der Waals surface area (Å²) in [6.07, 6.45) is 17.0. The monoisotopic (exact) mass is 344 g/mol. The van der Waals surface area contributed by atoms with E-state index in [1.165, 1.54) is 88.2 Å². The minimum atomic E-state index is 0.877. The number of hydrogen-bond donors (Lipinski definition) is 0. The molecule has 1 aromatic rings. The molecule has 0 amide bonds. The summed E-state index contributed by atoms with van der Waals surface area (Å²) in [7, 11) is 0. The van der Waals surface area contributed by atoms with Crippen LogP contribution in [0.15, 0.2) is 18.2 Å². The zero-order valence-corrected chi connectivity index (χ0v) is 17.9. The molecule has 0 N–H and O–H groups in total. The van der Waals surface area contributed by atoms with Crippen LogP contribution in [-0.2, 0) is 6.42 Å². The summed E-state index contributed by atoms with van der Waals surface area (Å²) >= 11 is 0. The van der Waals surface area contributed by atoms with E-state index >= 15 is 0 Å². The van der Waals surface area contributed by atoms with Crippen molar-refractivity contribution in [2.45, 2.75) is 112 Å². The molecular formula is C25H44. The van der Waals surface area contributed by atoms with Gasteiger partial charge >= 0.3 is 0 Å². The minimum Gasteiger partial charge on any atom is -0.0628 e. The molecule has 0 aromatic heterocycles. The number of aryl methyl sites for hydroxylation is 2. The predicted octanol–water partition coefficient (Wildman–Crippen LogP) is 8.43. The predicted molar refractivity (Wildman–Crippen MR) is 114 cm³/mol. The van der Waals surface area contributed by atoms with Gasteiger partial charge < -0.3 is 0 Å². The van der Waals surface area contributed by atoms with E-state index in [1.54, 1.807) is 5.56 Å². The lowest BCUT2D eigenvalue weighted by molar-refractivity contribution is 0.417. The first-order valence-corrected chi connectivity index (χ1v) is 11.1. The van der Waals surface area contributed by atoms with Crippen molar-refractivity contribution in [3.05, 3.63) is 34.9 Å². The first-order chi connectivity index (χ1) is 12.0. The Morgan fingerprint density at radius 2 is 1.16 bits per heavy atom. The molecule has 0 aliphatic carbocycles. The molecular weight excluding hydrogens is 300 g/mol. The Bertz CT molecular complexity index is 423. The van der Waals surface area contributed by atoms with Crippen molar-refractivity contribution >= 4 is 0 Å². The maximum Gasteiger partial charge on any atom is -0.0274 e. The van der Waals surface area contributed by atoms with Gasteiger partial charge in [0.15, 0.2) is 0 Å². The Labute approximate surface area is 158 Å². The van der Waals surface area contributed by atoms with Crippen molar-refractivity contribution in [1.82, 2.24) is 0 Å². The van der Waals surface area contributed by atoms with E-state index < -0.39 is 0 Å². The molecule has 1 aromatic carbocycles. The van der Waals surface area contributed by atoms with Gasteiger partial charge in [-0.15, -0.1) is 0 Å². The SMILES string of the molecule is Cc1cccc(C)c1CCCCCCCCCC(C)CCCC(C)C. The molecule has 1 unspecified atom stereocenters. The largest absolute Gasteiger partial charge is 0.0628 e. The topological polar surface area (TPSA) is 0 Å². The van der Waals surface area contributed by atoms with Crippen LogP contribution in [0.2, 0.25) is 0 Å². The summed E-state index contributed by atoms with van der Waals surface area (Å²) < 4.78 is 0. The van der Waals surface area contributed by atoms with E-state index in [0.29, 0.717) is 0 Å². The fourth-order valence-corrected chi connectivity index (χ4v) is 3.94. The van der Waals surface area contributed by atoms with Crippen molar-refractivity contribution in [3.63, 3.8) is 0 Å². The smallest absolute Gasteiger partial charge is 0.0274 e. The molecule has 144 valence electrons. The Morgan fingerprint density at radius 3 is 1.76 bits per heavy atom. The molecule has 0 radical (unpaired) electrons. The average molecular weight is 345 g/mol. The molecule has 0 heterocycles. The van der Waals surface area contributed by atoms with Crippen LogP contribution in [0.3, 0.4) is 0 Å². The van der Waals surface area contributed by atoms with E-state index in [4.69, 9.17) is 0 Å². The second kappa shape index (κ2) is 13.4. The van der Waals surface area contributed by atoms with Crippen molar-refractivity contribution in [1.29, 1.82) is 0 Å². The molecule has 0 fully saturated rings. The molecule has 0 spiro atoms. The van der Waals surface area contributed by atoms with Crippen molar-refractivity contribution in [2.75, 3.05) is 0 Å². The third-order valence-corrected chi connectivity index (χ3v) is 5.75. The van der Waals surface area contributed by atoms with Gasteiger partial charge in [-0.1, -0.05) is 103 Å². The van der Waals surface area contributed by atoms with Crippen LogP contribution in [0.5, 0.6) is 0 Å². The number of unbranched alkanes of at least 4 members (excludes halogenated alkanes) is 6. The highest BCUT2D eigenvalue weighted by molar-refractivity contribution is 5.33. The summed E-state index contributed by atoms with van der Waals surface area (Å²) in [6.45, 7) is 11.6. The Morgan fingerprint density at radius 1 is 0.640 bits per heavy atom. The molecule has 0 heteroatoms. The Hall–Kier alpha value is -0.780. The fourth-order valence-electron chi connectivity index (χ4n) is 3.94. The van der Waals surface area contributed by atoms with Gasteiger partial charge in [-0.3, -0.25) is 0 Å². The maximum absolute atomic E-state index is 2.45. The summed E-state index contributed by atoms with van der Waals surface area (Å²) in [6, 6.07) is 6.69. The number of benzene rings is 1. The van der Waals surface area contributed by atoms with E-state index in [2.05, 4.69) is 52.8 Å². The van der Waals surface area contributed by atoms with Gasteiger partial charge in [0.2, 0.25) is 0 Å². The molecule has 0 saturated heterocycles. The van der Waals surface area contributed by atoms with E-state index in [1.807, 2.05) is 0 Å². The minimum absolute atomic E-state index is 0.877. The van der Waals surface area contributed by atoms with E-state index in [9.17, 15) is 0 Å². The normalized spacial score (nSPS) is 12.7. The molecule has 25 heavy (non-hydrogen) atoms. The molecule has 0 aliphatic rings. The summed E-state index contributed by atoms with van der Waals surface area (Å²) in [4.78, 5) is 0. The van der Waals surface area contributed by atoms with Gasteiger partial charge in [-0.05, 0) is 55.2 Å². The van der Waals surface area contributed by atoms with Crippen molar-refractivity contribution in [2.24, 2.45) is 11.8 Å². The Kier molecular flexibility index (Phi) is 12.0. The van der Waals surface area contributed by atoms with Crippen LogP contribution in [0.1, 0.15) is 108 Å². The summed E-state index contributed by atoms with van der Waals surface area (Å²) in [5, 5.41) is 0. The standard InChI is InChI=1S/C25H44/c1-21(2)15-13-17-22(3)16-11-9-7-6-8-10-12-20-25-23(4)18-14-19-24(25)5/h14,18-19,21-22H,6-13,15-17,20H2,1-5H3. The number of hydrogen-bond acceptors (Lipinski definition) is 0. The highest BCUT2D eigenvalue weighted by Gasteiger charge is 2.04. The van der Waals surface area contributed by atoms with E-state index in [0.717, 1.165) is 11.8 Å². The van der Waals surface area contributed by atoms with Gasteiger partial charge in [0, 0.05) is 0 Å².